The minimum absolute atomic E-state index is 0.0623. The highest BCUT2D eigenvalue weighted by molar-refractivity contribution is 7.15. The Bertz CT molecular complexity index is 888. The number of carbonyl (C=O) groups is 2. The van der Waals surface area contributed by atoms with Crippen LogP contribution >= 0.6 is 34.5 Å². The number of ether oxygens (including phenoxy) is 1. The highest BCUT2D eigenvalue weighted by atomic mass is 35.5. The summed E-state index contributed by atoms with van der Waals surface area (Å²) in [6.07, 6.45) is 0.342. The molecule has 2 amide bonds. The van der Waals surface area contributed by atoms with Crippen molar-refractivity contribution in [3.63, 3.8) is 0 Å². The molecule has 0 spiro atoms. The van der Waals surface area contributed by atoms with E-state index in [-0.39, 0.29) is 18.4 Å². The first-order chi connectivity index (χ1) is 13.1. The number of anilines is 1. The van der Waals surface area contributed by atoms with Gasteiger partial charge in [0.2, 0.25) is 5.91 Å². The van der Waals surface area contributed by atoms with E-state index in [1.165, 1.54) is 11.3 Å². The van der Waals surface area contributed by atoms with E-state index in [2.05, 4.69) is 10.3 Å². The van der Waals surface area contributed by atoms with E-state index in [1.807, 2.05) is 20.8 Å². The summed E-state index contributed by atoms with van der Waals surface area (Å²) in [4.78, 5) is 31.7. The number of hydrogen-bond acceptors (Lipinski definition) is 5. The molecule has 0 saturated heterocycles. The number of hydrogen-bond donors (Lipinski definition) is 1. The molecule has 0 bridgehead atoms. The standard InChI is InChI=1S/C19H21Cl2N3O3S/c1-19(2,3)27-18(26)24-8-7-14-15(10-24)28-17(22-14)23-16(25)9-11-12(20)5-4-6-13(11)21/h4-6H,7-10H2,1-3H3,(H,22,23,25). The lowest BCUT2D eigenvalue weighted by molar-refractivity contribution is -0.115. The van der Waals surface area contributed by atoms with Crippen LogP contribution in [0.2, 0.25) is 10.0 Å². The van der Waals surface area contributed by atoms with E-state index in [4.69, 9.17) is 27.9 Å². The van der Waals surface area contributed by atoms with Gasteiger partial charge in [0, 0.05) is 27.9 Å². The van der Waals surface area contributed by atoms with Crippen molar-refractivity contribution in [1.82, 2.24) is 9.88 Å². The quantitative estimate of drug-likeness (QED) is 0.732. The summed E-state index contributed by atoms with van der Waals surface area (Å²) in [5.41, 5.74) is 0.945. The molecule has 9 heteroatoms. The van der Waals surface area contributed by atoms with Gasteiger partial charge in [0.25, 0.3) is 0 Å². The zero-order chi connectivity index (χ0) is 20.5. The average molecular weight is 442 g/mol. The summed E-state index contributed by atoms with van der Waals surface area (Å²) in [5.74, 6) is -0.245. The molecule has 1 aliphatic rings. The maximum atomic E-state index is 12.4. The van der Waals surface area contributed by atoms with Gasteiger partial charge in [-0.3, -0.25) is 4.79 Å². The summed E-state index contributed by atoms with van der Waals surface area (Å²) in [5, 5.41) is 4.21. The smallest absolute Gasteiger partial charge is 0.410 e. The van der Waals surface area contributed by atoms with Crippen molar-refractivity contribution < 1.29 is 14.3 Å². The van der Waals surface area contributed by atoms with E-state index in [0.29, 0.717) is 40.3 Å². The van der Waals surface area contributed by atoms with Crippen molar-refractivity contribution in [2.75, 3.05) is 11.9 Å². The van der Waals surface area contributed by atoms with Crippen molar-refractivity contribution in [3.05, 3.63) is 44.4 Å². The number of thiazole rings is 1. The topological polar surface area (TPSA) is 71.5 Å². The van der Waals surface area contributed by atoms with Gasteiger partial charge in [0.05, 0.1) is 18.7 Å². The number of carbonyl (C=O) groups excluding carboxylic acids is 2. The Hall–Kier alpha value is -1.83. The Morgan fingerprint density at radius 2 is 1.96 bits per heavy atom. The second kappa shape index (κ2) is 8.27. The van der Waals surface area contributed by atoms with Crippen LogP contribution < -0.4 is 5.32 Å². The van der Waals surface area contributed by atoms with Gasteiger partial charge in [0.1, 0.15) is 5.60 Å². The summed E-state index contributed by atoms with van der Waals surface area (Å²) < 4.78 is 5.43. The van der Waals surface area contributed by atoms with Crippen LogP contribution in [0.5, 0.6) is 0 Å². The molecule has 6 nitrogen and oxygen atoms in total. The molecule has 0 fully saturated rings. The molecule has 3 rings (SSSR count). The summed E-state index contributed by atoms with van der Waals surface area (Å²) in [7, 11) is 0. The second-order valence-corrected chi connectivity index (χ2v) is 9.36. The lowest BCUT2D eigenvalue weighted by Crippen LogP contribution is -2.39. The first-order valence-electron chi connectivity index (χ1n) is 8.81. The third-order valence-electron chi connectivity index (χ3n) is 4.03. The number of nitrogens with zero attached hydrogens (tertiary/aromatic N) is 2. The molecule has 0 saturated carbocycles. The van der Waals surface area contributed by atoms with Crippen LogP contribution in [0.1, 0.15) is 36.9 Å². The first-order valence-corrected chi connectivity index (χ1v) is 10.4. The predicted molar refractivity (Wildman–Crippen MR) is 111 cm³/mol. The molecule has 0 atom stereocenters. The van der Waals surface area contributed by atoms with E-state index in [0.717, 1.165) is 10.6 Å². The fourth-order valence-electron chi connectivity index (χ4n) is 2.76. The molecule has 0 aliphatic carbocycles. The minimum atomic E-state index is -0.538. The molecular weight excluding hydrogens is 421 g/mol. The predicted octanol–water partition coefficient (Wildman–Crippen LogP) is 4.92. The van der Waals surface area contributed by atoms with Crippen molar-refractivity contribution in [3.8, 4) is 0 Å². The average Bonchev–Trinajstić information content (AvgIpc) is 2.98. The SMILES string of the molecule is CC(C)(C)OC(=O)N1CCc2nc(NC(=O)Cc3c(Cl)cccc3Cl)sc2C1. The molecule has 0 unspecified atom stereocenters. The van der Waals surface area contributed by atoms with Crippen LogP contribution in [0.4, 0.5) is 9.93 Å². The molecular formula is C19H21Cl2N3O3S. The van der Waals surface area contributed by atoms with Crippen LogP contribution in [0.15, 0.2) is 18.2 Å². The van der Waals surface area contributed by atoms with Gasteiger partial charge in [-0.2, -0.15) is 0 Å². The Balaban J connectivity index is 1.64. The molecule has 0 radical (unpaired) electrons. The number of nitrogens with one attached hydrogen (secondary N) is 1. The van der Waals surface area contributed by atoms with E-state index >= 15 is 0 Å². The van der Waals surface area contributed by atoms with Gasteiger partial charge in [-0.25, -0.2) is 9.78 Å². The lowest BCUT2D eigenvalue weighted by Gasteiger charge is -2.29. The molecule has 2 aromatic rings. The maximum absolute atomic E-state index is 12.4. The van der Waals surface area contributed by atoms with Crippen molar-refractivity contribution in [2.45, 2.75) is 45.8 Å². The van der Waals surface area contributed by atoms with Crippen molar-refractivity contribution >= 4 is 51.7 Å². The van der Waals surface area contributed by atoms with Gasteiger partial charge in [-0.15, -0.1) is 0 Å². The van der Waals surface area contributed by atoms with Crippen molar-refractivity contribution in [2.24, 2.45) is 0 Å². The molecule has 1 aromatic carbocycles. The minimum Gasteiger partial charge on any atom is -0.444 e. The highest BCUT2D eigenvalue weighted by Gasteiger charge is 2.28. The largest absolute Gasteiger partial charge is 0.444 e. The fraction of sp³-hybridized carbons (Fsp3) is 0.421. The van der Waals surface area contributed by atoms with Crippen LogP contribution in [-0.2, 0) is 28.9 Å². The van der Waals surface area contributed by atoms with Gasteiger partial charge in [-0.05, 0) is 38.5 Å². The Labute approximate surface area is 177 Å². The Morgan fingerprint density at radius 1 is 1.29 bits per heavy atom. The van der Waals surface area contributed by atoms with E-state index in [1.54, 1.807) is 23.1 Å². The maximum Gasteiger partial charge on any atom is 0.410 e. The molecule has 1 aliphatic heterocycles. The highest BCUT2D eigenvalue weighted by Crippen LogP contribution is 2.30. The van der Waals surface area contributed by atoms with Gasteiger partial charge < -0.3 is 15.0 Å². The third kappa shape index (κ3) is 5.16. The van der Waals surface area contributed by atoms with Gasteiger partial charge >= 0.3 is 6.09 Å². The van der Waals surface area contributed by atoms with Crippen LogP contribution in [0, 0.1) is 0 Å². The normalized spacial score (nSPS) is 13.8. The molecule has 28 heavy (non-hydrogen) atoms. The number of fused-ring (bicyclic) bond motifs is 1. The molecule has 150 valence electrons. The number of benzene rings is 1. The lowest BCUT2D eigenvalue weighted by atomic mass is 10.1. The fourth-order valence-corrected chi connectivity index (χ4v) is 4.33. The van der Waals surface area contributed by atoms with Crippen LogP contribution in [0.25, 0.3) is 0 Å². The summed E-state index contributed by atoms with van der Waals surface area (Å²) >= 11 is 13.6. The molecule has 1 N–H and O–H groups in total. The van der Waals surface area contributed by atoms with Crippen LogP contribution in [-0.4, -0.2) is 34.0 Å². The van der Waals surface area contributed by atoms with Gasteiger partial charge in [0.15, 0.2) is 5.13 Å². The first kappa shape index (κ1) is 20.9. The number of amides is 2. The third-order valence-corrected chi connectivity index (χ3v) is 5.73. The number of halogens is 2. The molecule has 1 aromatic heterocycles. The van der Waals surface area contributed by atoms with Gasteiger partial charge in [-0.1, -0.05) is 40.6 Å². The number of rotatable bonds is 3. The zero-order valence-corrected chi connectivity index (χ0v) is 18.2. The number of aromatic nitrogens is 1. The monoisotopic (exact) mass is 441 g/mol. The zero-order valence-electron chi connectivity index (χ0n) is 15.8. The van der Waals surface area contributed by atoms with Crippen molar-refractivity contribution in [1.29, 1.82) is 0 Å². The van der Waals surface area contributed by atoms with E-state index < -0.39 is 5.60 Å². The van der Waals surface area contributed by atoms with Crippen LogP contribution in [0.3, 0.4) is 0 Å². The summed E-state index contributed by atoms with van der Waals surface area (Å²) in [6, 6.07) is 5.13. The Kier molecular flexibility index (Phi) is 6.17. The Morgan fingerprint density at radius 3 is 2.61 bits per heavy atom. The molecule has 2 heterocycles. The second-order valence-electron chi connectivity index (χ2n) is 7.47. The van der Waals surface area contributed by atoms with E-state index in [9.17, 15) is 9.59 Å². The summed E-state index contributed by atoms with van der Waals surface area (Å²) in [6.45, 7) is 6.48.